The van der Waals surface area contributed by atoms with Gasteiger partial charge in [0.1, 0.15) is 11.5 Å². The van der Waals surface area contributed by atoms with Gasteiger partial charge in [0.25, 0.3) is 5.56 Å². The zero-order valence-corrected chi connectivity index (χ0v) is 16.9. The fourth-order valence-corrected chi connectivity index (χ4v) is 3.83. The van der Waals surface area contributed by atoms with Crippen molar-refractivity contribution < 1.29 is 4.42 Å². The molecule has 4 aromatic rings. The molecule has 150 valence electrons. The first kappa shape index (κ1) is 18.8. The van der Waals surface area contributed by atoms with Crippen LogP contribution in [0, 0.1) is 0 Å². The third-order valence-corrected chi connectivity index (χ3v) is 5.52. The molecule has 7 heteroatoms. The van der Waals surface area contributed by atoms with Crippen molar-refractivity contribution in [3.05, 3.63) is 93.2 Å². The number of aromatic nitrogens is 3. The number of pyridine rings is 1. The summed E-state index contributed by atoms with van der Waals surface area (Å²) in [6, 6.07) is 15.1. The van der Waals surface area contributed by atoms with Gasteiger partial charge in [-0.25, -0.2) is 4.98 Å². The molecule has 1 aliphatic heterocycles. The Hall–Kier alpha value is -3.22. The van der Waals surface area contributed by atoms with Gasteiger partial charge in [-0.3, -0.25) is 14.7 Å². The molecule has 1 N–H and O–H groups in total. The van der Waals surface area contributed by atoms with Gasteiger partial charge in [0.2, 0.25) is 0 Å². The first-order valence-electron chi connectivity index (χ1n) is 9.75. The van der Waals surface area contributed by atoms with E-state index in [9.17, 15) is 4.79 Å². The number of rotatable bonds is 4. The fraction of sp³-hybridized carbons (Fsp3) is 0.174. The van der Waals surface area contributed by atoms with Gasteiger partial charge >= 0.3 is 0 Å². The average molecular weight is 419 g/mol. The lowest BCUT2D eigenvalue weighted by Gasteiger charge is -2.27. The first-order chi connectivity index (χ1) is 14.7. The highest BCUT2D eigenvalue weighted by Crippen LogP contribution is 2.22. The molecule has 5 rings (SSSR count). The lowest BCUT2D eigenvalue weighted by Crippen LogP contribution is -2.35. The Morgan fingerprint density at radius 3 is 2.73 bits per heavy atom. The molecule has 1 aromatic carbocycles. The van der Waals surface area contributed by atoms with Crippen LogP contribution in [0.3, 0.4) is 0 Å². The minimum absolute atomic E-state index is 0.0825. The highest BCUT2D eigenvalue weighted by Gasteiger charge is 2.21. The van der Waals surface area contributed by atoms with Gasteiger partial charge in [-0.1, -0.05) is 17.7 Å². The molecule has 0 saturated carbocycles. The number of aromatic amines is 1. The van der Waals surface area contributed by atoms with E-state index in [-0.39, 0.29) is 5.56 Å². The summed E-state index contributed by atoms with van der Waals surface area (Å²) in [6.07, 6.45) is 4.23. The molecule has 0 unspecified atom stereocenters. The van der Waals surface area contributed by atoms with E-state index in [0.29, 0.717) is 17.4 Å². The molecule has 4 heterocycles. The van der Waals surface area contributed by atoms with E-state index in [2.05, 4.69) is 14.9 Å². The van der Waals surface area contributed by atoms with Gasteiger partial charge in [0, 0.05) is 42.8 Å². The third-order valence-electron chi connectivity index (χ3n) is 5.27. The van der Waals surface area contributed by atoms with Gasteiger partial charge in [-0.2, -0.15) is 0 Å². The van der Waals surface area contributed by atoms with Crippen LogP contribution in [0.15, 0.2) is 70.2 Å². The number of furan rings is 1. The molecule has 0 aliphatic carbocycles. The summed E-state index contributed by atoms with van der Waals surface area (Å²) in [7, 11) is 0. The van der Waals surface area contributed by atoms with E-state index in [1.54, 1.807) is 18.4 Å². The fourth-order valence-electron chi connectivity index (χ4n) is 3.71. The minimum atomic E-state index is -0.0825. The molecule has 6 nitrogen and oxygen atoms in total. The van der Waals surface area contributed by atoms with E-state index < -0.39 is 0 Å². The second-order valence-electron chi connectivity index (χ2n) is 7.34. The molecule has 3 aromatic heterocycles. The molecule has 0 bridgehead atoms. The second kappa shape index (κ2) is 7.89. The van der Waals surface area contributed by atoms with E-state index >= 15 is 0 Å². The van der Waals surface area contributed by atoms with E-state index in [0.717, 1.165) is 53.3 Å². The largest absolute Gasteiger partial charge is 0.463 e. The number of halogens is 1. The molecule has 1 aliphatic rings. The predicted molar refractivity (Wildman–Crippen MR) is 115 cm³/mol. The number of nitrogens with one attached hydrogen (secondary N) is 1. The second-order valence-corrected chi connectivity index (χ2v) is 7.77. The van der Waals surface area contributed by atoms with Gasteiger partial charge in [-0.15, -0.1) is 0 Å². The lowest BCUT2D eigenvalue weighted by molar-refractivity contribution is 0.241. The Balaban J connectivity index is 1.32. The number of fused-ring (bicyclic) bond motifs is 1. The summed E-state index contributed by atoms with van der Waals surface area (Å²) < 4.78 is 5.38. The van der Waals surface area contributed by atoms with Crippen molar-refractivity contribution in [1.82, 2.24) is 19.9 Å². The van der Waals surface area contributed by atoms with Crippen molar-refractivity contribution in [2.75, 3.05) is 6.54 Å². The molecule has 0 fully saturated rings. The maximum Gasteiger partial charge on any atom is 0.255 e. The zero-order chi connectivity index (χ0) is 20.5. The molecule has 0 spiro atoms. The Morgan fingerprint density at radius 2 is 2.00 bits per heavy atom. The van der Waals surface area contributed by atoms with Crippen molar-refractivity contribution in [1.29, 1.82) is 0 Å². The highest BCUT2D eigenvalue weighted by atomic mass is 35.5. The maximum atomic E-state index is 12.7. The van der Waals surface area contributed by atoms with Gasteiger partial charge in [0.05, 0.1) is 17.5 Å². The van der Waals surface area contributed by atoms with Crippen molar-refractivity contribution in [2.24, 2.45) is 0 Å². The van der Waals surface area contributed by atoms with Gasteiger partial charge in [0.15, 0.2) is 5.76 Å². The number of nitrogens with zero attached hydrogens (tertiary/aromatic N) is 3. The molecule has 0 amide bonds. The Morgan fingerprint density at radius 1 is 1.13 bits per heavy atom. The van der Waals surface area contributed by atoms with Crippen LogP contribution in [0.25, 0.3) is 22.8 Å². The predicted octanol–water partition coefficient (Wildman–Crippen LogP) is 4.30. The average Bonchev–Trinajstić information content (AvgIpc) is 3.30. The molecule has 0 saturated heterocycles. The van der Waals surface area contributed by atoms with E-state index in [1.807, 2.05) is 42.6 Å². The van der Waals surface area contributed by atoms with Crippen LogP contribution in [-0.4, -0.2) is 26.4 Å². The van der Waals surface area contributed by atoms with Crippen LogP contribution in [0.4, 0.5) is 0 Å². The Kier molecular flexibility index (Phi) is 4.94. The molecule has 0 atom stereocenters. The summed E-state index contributed by atoms with van der Waals surface area (Å²) in [6.45, 7) is 2.13. The Bertz CT molecular complexity index is 1220. The van der Waals surface area contributed by atoms with Gasteiger partial charge in [-0.05, 0) is 48.0 Å². The monoisotopic (exact) mass is 418 g/mol. The number of H-pyrrole nitrogens is 1. The van der Waals surface area contributed by atoms with Gasteiger partial charge < -0.3 is 9.40 Å². The van der Waals surface area contributed by atoms with E-state index in [4.69, 9.17) is 21.0 Å². The van der Waals surface area contributed by atoms with Crippen LogP contribution in [0.1, 0.15) is 16.8 Å². The SMILES string of the molecule is O=c1[nH]c(-c2ccc(Cl)cc2)nc2c1CN(Cc1ccc(-c3ccco3)nc1)CC2. The summed E-state index contributed by atoms with van der Waals surface area (Å²) >= 11 is 5.96. The lowest BCUT2D eigenvalue weighted by atomic mass is 10.1. The summed E-state index contributed by atoms with van der Waals surface area (Å²) in [5.74, 6) is 1.34. The number of hydrogen-bond acceptors (Lipinski definition) is 5. The third kappa shape index (κ3) is 3.79. The molecular weight excluding hydrogens is 400 g/mol. The topological polar surface area (TPSA) is 75.0 Å². The Labute approximate surface area is 178 Å². The molecule has 0 radical (unpaired) electrons. The molecule has 30 heavy (non-hydrogen) atoms. The van der Waals surface area contributed by atoms with Crippen LogP contribution >= 0.6 is 11.6 Å². The number of hydrogen-bond donors (Lipinski definition) is 1. The number of benzene rings is 1. The van der Waals surface area contributed by atoms with Crippen LogP contribution < -0.4 is 5.56 Å². The van der Waals surface area contributed by atoms with E-state index in [1.165, 1.54) is 0 Å². The van der Waals surface area contributed by atoms with Crippen LogP contribution in [-0.2, 0) is 19.5 Å². The quantitative estimate of drug-likeness (QED) is 0.534. The summed E-state index contributed by atoms with van der Waals surface area (Å²) in [5.41, 5.74) is 4.27. The van der Waals surface area contributed by atoms with Crippen molar-refractivity contribution in [2.45, 2.75) is 19.5 Å². The van der Waals surface area contributed by atoms with Crippen LogP contribution in [0.2, 0.25) is 5.02 Å². The van der Waals surface area contributed by atoms with Crippen molar-refractivity contribution in [3.63, 3.8) is 0 Å². The maximum absolute atomic E-state index is 12.7. The first-order valence-corrected chi connectivity index (χ1v) is 10.1. The smallest absolute Gasteiger partial charge is 0.255 e. The standard InChI is InChI=1S/C23H19ClN4O2/c24-17-6-4-16(5-7-17)22-26-19-9-10-28(14-18(19)23(29)27-22)13-15-3-8-20(25-12-15)21-2-1-11-30-21/h1-8,11-12H,9-10,13-14H2,(H,26,27,29). The highest BCUT2D eigenvalue weighted by molar-refractivity contribution is 6.30. The summed E-state index contributed by atoms with van der Waals surface area (Å²) in [4.78, 5) is 27.1. The molecular formula is C23H19ClN4O2. The summed E-state index contributed by atoms with van der Waals surface area (Å²) in [5, 5.41) is 0.654. The zero-order valence-electron chi connectivity index (χ0n) is 16.1. The minimum Gasteiger partial charge on any atom is -0.463 e. The van der Waals surface area contributed by atoms with Crippen molar-refractivity contribution in [3.8, 4) is 22.8 Å². The normalized spacial score (nSPS) is 13.9. The van der Waals surface area contributed by atoms with Crippen molar-refractivity contribution >= 4 is 11.6 Å². The van der Waals surface area contributed by atoms with Crippen LogP contribution in [0.5, 0.6) is 0 Å².